The summed E-state index contributed by atoms with van der Waals surface area (Å²) >= 11 is 0. The summed E-state index contributed by atoms with van der Waals surface area (Å²) in [5, 5.41) is 10.7. The third kappa shape index (κ3) is 2.41. The van der Waals surface area contributed by atoms with Crippen molar-refractivity contribution in [2.75, 3.05) is 26.8 Å². The molecule has 1 aliphatic carbocycles. The van der Waals surface area contributed by atoms with Crippen molar-refractivity contribution in [2.45, 2.75) is 25.3 Å². The molecule has 5 nitrogen and oxygen atoms in total. The van der Waals surface area contributed by atoms with E-state index in [-0.39, 0.29) is 30.5 Å². The number of aromatic amines is 1. The van der Waals surface area contributed by atoms with E-state index in [2.05, 4.69) is 28.1 Å². The smallest absolute Gasteiger partial charge is 0.315 e. The second-order valence-electron chi connectivity index (χ2n) is 6.91. The van der Waals surface area contributed by atoms with Crippen molar-refractivity contribution in [3.63, 3.8) is 0 Å². The molecule has 1 aromatic carbocycles. The number of carbonyl (C=O) groups is 1. The van der Waals surface area contributed by atoms with Gasteiger partial charge in [0, 0.05) is 41.6 Å². The van der Waals surface area contributed by atoms with Crippen LogP contribution in [0.3, 0.4) is 0 Å². The van der Waals surface area contributed by atoms with Crippen molar-refractivity contribution in [3.05, 3.63) is 47.2 Å². The zero-order valence-electron chi connectivity index (χ0n) is 14.7. The van der Waals surface area contributed by atoms with E-state index < -0.39 is 0 Å². The standard InChI is InChI=1S/C20H24N2O3/c1-3-12-11-22(8-9-23)16-10-14(12)18(20(24)25-2)19-17(16)13-6-4-5-7-15(13)21-19/h3-7,14,16,18,21,23H,8-11H2,1-2H3/b12-3-/t14-,16-,18+/m1/s1. The maximum absolute atomic E-state index is 12.7. The number of likely N-dealkylation sites (tertiary alicyclic amines) is 1. The molecule has 2 aromatic rings. The highest BCUT2D eigenvalue weighted by Crippen LogP contribution is 2.52. The van der Waals surface area contributed by atoms with Crippen molar-refractivity contribution < 1.29 is 14.6 Å². The number of carbonyl (C=O) groups excluding carboxylic acids is 1. The summed E-state index contributed by atoms with van der Waals surface area (Å²) in [4.78, 5) is 18.5. The number of rotatable bonds is 3. The van der Waals surface area contributed by atoms with Crippen LogP contribution >= 0.6 is 0 Å². The minimum absolute atomic E-state index is 0.135. The van der Waals surface area contributed by atoms with E-state index in [9.17, 15) is 9.90 Å². The molecule has 2 N–H and O–H groups in total. The number of piperidine rings is 1. The van der Waals surface area contributed by atoms with Crippen LogP contribution in [0, 0.1) is 5.92 Å². The molecule has 1 fully saturated rings. The van der Waals surface area contributed by atoms with Crippen LogP contribution in [0.15, 0.2) is 35.9 Å². The first kappa shape index (κ1) is 16.4. The Balaban J connectivity index is 1.95. The number of allylic oxidation sites excluding steroid dienone is 1. The molecular formula is C20H24N2O3. The highest BCUT2D eigenvalue weighted by molar-refractivity contribution is 5.90. The number of hydrogen-bond acceptors (Lipinski definition) is 4. The van der Waals surface area contributed by atoms with Crippen LogP contribution < -0.4 is 0 Å². The number of benzene rings is 1. The summed E-state index contributed by atoms with van der Waals surface area (Å²) in [7, 11) is 1.47. The molecule has 1 aromatic heterocycles. The predicted molar refractivity (Wildman–Crippen MR) is 96.3 cm³/mol. The summed E-state index contributed by atoms with van der Waals surface area (Å²) in [5.74, 6) is -0.310. The van der Waals surface area contributed by atoms with Gasteiger partial charge in [-0.2, -0.15) is 0 Å². The molecule has 2 heterocycles. The highest BCUT2D eigenvalue weighted by Gasteiger charge is 2.47. The maximum Gasteiger partial charge on any atom is 0.315 e. The van der Waals surface area contributed by atoms with Crippen LogP contribution in [0.1, 0.15) is 36.6 Å². The van der Waals surface area contributed by atoms with Gasteiger partial charge in [0.25, 0.3) is 0 Å². The van der Waals surface area contributed by atoms with E-state index in [0.29, 0.717) is 6.54 Å². The zero-order valence-corrected chi connectivity index (χ0v) is 14.7. The Bertz CT molecular complexity index is 839. The third-order valence-electron chi connectivity index (χ3n) is 5.82. The van der Waals surface area contributed by atoms with Crippen LogP contribution in [0.4, 0.5) is 0 Å². The van der Waals surface area contributed by atoms with Gasteiger partial charge in [0.1, 0.15) is 5.92 Å². The monoisotopic (exact) mass is 340 g/mol. The second kappa shape index (κ2) is 6.32. The normalized spacial score (nSPS) is 27.5. The lowest BCUT2D eigenvalue weighted by Gasteiger charge is -2.47. The van der Waals surface area contributed by atoms with Gasteiger partial charge < -0.3 is 14.8 Å². The quantitative estimate of drug-likeness (QED) is 0.666. The van der Waals surface area contributed by atoms with Crippen molar-refractivity contribution in [2.24, 2.45) is 5.92 Å². The second-order valence-corrected chi connectivity index (χ2v) is 6.91. The first-order valence-corrected chi connectivity index (χ1v) is 8.87. The minimum atomic E-state index is -0.286. The zero-order chi connectivity index (χ0) is 17.6. The summed E-state index contributed by atoms with van der Waals surface area (Å²) < 4.78 is 5.16. The molecule has 132 valence electrons. The Morgan fingerprint density at radius 1 is 1.44 bits per heavy atom. The fourth-order valence-corrected chi connectivity index (χ4v) is 4.72. The molecule has 4 rings (SSSR count). The number of fused-ring (bicyclic) bond motifs is 6. The number of H-pyrrole nitrogens is 1. The van der Waals surface area contributed by atoms with Crippen molar-refractivity contribution in [1.29, 1.82) is 0 Å². The lowest BCUT2D eigenvalue weighted by molar-refractivity contribution is -0.144. The number of β-amino-alcohol motifs (C(OH)–C–C–N with tert-alkyl or cyclic N) is 1. The largest absolute Gasteiger partial charge is 0.468 e. The summed E-state index contributed by atoms with van der Waals surface area (Å²) in [5.41, 5.74) is 4.49. The Morgan fingerprint density at radius 2 is 2.24 bits per heavy atom. The Morgan fingerprint density at radius 3 is 2.96 bits per heavy atom. The molecule has 25 heavy (non-hydrogen) atoms. The first-order chi connectivity index (χ1) is 12.2. The summed E-state index contributed by atoms with van der Waals surface area (Å²) in [6.07, 6.45) is 3.00. The fourth-order valence-electron chi connectivity index (χ4n) is 4.72. The molecular weight excluding hydrogens is 316 g/mol. The lowest BCUT2D eigenvalue weighted by atomic mass is 9.69. The number of aliphatic hydroxyl groups excluding tert-OH is 1. The fraction of sp³-hybridized carbons (Fsp3) is 0.450. The molecule has 0 radical (unpaired) electrons. The number of esters is 1. The van der Waals surface area contributed by atoms with Gasteiger partial charge in [0.2, 0.25) is 0 Å². The molecule has 3 atom stereocenters. The molecule has 2 bridgehead atoms. The number of nitrogens with zero attached hydrogens (tertiary/aromatic N) is 1. The van der Waals surface area contributed by atoms with Gasteiger partial charge in [-0.1, -0.05) is 29.8 Å². The lowest BCUT2D eigenvalue weighted by Crippen LogP contribution is -2.46. The summed E-state index contributed by atoms with van der Waals surface area (Å²) in [6, 6.07) is 8.42. The van der Waals surface area contributed by atoms with Crippen LogP contribution in [-0.2, 0) is 9.53 Å². The van der Waals surface area contributed by atoms with Gasteiger partial charge in [-0.05, 0) is 25.0 Å². The van der Waals surface area contributed by atoms with Crippen LogP contribution in [0.2, 0.25) is 0 Å². The SMILES string of the molecule is C/C=C1/CN(CCO)[C@@H]2C[C@H]1[C@H](C(=O)OC)c1[nH]c3ccccc3c12. The average molecular weight is 340 g/mol. The maximum atomic E-state index is 12.7. The average Bonchev–Trinajstić information content (AvgIpc) is 3.02. The van der Waals surface area contributed by atoms with E-state index in [1.165, 1.54) is 23.6 Å². The van der Waals surface area contributed by atoms with Crippen molar-refractivity contribution in [3.8, 4) is 0 Å². The molecule has 0 unspecified atom stereocenters. The Hall–Kier alpha value is -2.11. The van der Waals surface area contributed by atoms with Gasteiger partial charge in [0.15, 0.2) is 0 Å². The molecule has 1 saturated heterocycles. The molecule has 0 saturated carbocycles. The number of methoxy groups -OCH3 is 1. The predicted octanol–water partition coefficient (Wildman–Crippen LogP) is 2.74. The molecule has 0 amide bonds. The molecule has 5 heteroatoms. The van der Waals surface area contributed by atoms with E-state index in [1.54, 1.807) is 0 Å². The van der Waals surface area contributed by atoms with Crippen LogP contribution in [0.5, 0.6) is 0 Å². The summed E-state index contributed by atoms with van der Waals surface area (Å²) in [6.45, 7) is 3.59. The van der Waals surface area contributed by atoms with Gasteiger partial charge in [-0.15, -0.1) is 0 Å². The molecule has 2 aliphatic rings. The van der Waals surface area contributed by atoms with Gasteiger partial charge >= 0.3 is 5.97 Å². The van der Waals surface area contributed by atoms with Gasteiger partial charge in [-0.3, -0.25) is 9.69 Å². The number of ether oxygens (including phenoxy) is 1. The van der Waals surface area contributed by atoms with Crippen LogP contribution in [-0.4, -0.2) is 47.8 Å². The van der Waals surface area contributed by atoms with E-state index in [1.807, 2.05) is 19.1 Å². The minimum Gasteiger partial charge on any atom is -0.468 e. The van der Waals surface area contributed by atoms with Crippen molar-refractivity contribution >= 4 is 16.9 Å². The number of aromatic nitrogens is 1. The number of para-hydroxylation sites is 1. The van der Waals surface area contributed by atoms with E-state index >= 15 is 0 Å². The molecule has 0 spiro atoms. The van der Waals surface area contributed by atoms with E-state index in [0.717, 1.165) is 24.2 Å². The van der Waals surface area contributed by atoms with Crippen LogP contribution in [0.25, 0.3) is 10.9 Å². The first-order valence-electron chi connectivity index (χ1n) is 8.87. The van der Waals surface area contributed by atoms with Crippen molar-refractivity contribution in [1.82, 2.24) is 9.88 Å². The topological polar surface area (TPSA) is 65.6 Å². The third-order valence-corrected chi connectivity index (χ3v) is 5.82. The highest BCUT2D eigenvalue weighted by atomic mass is 16.5. The number of nitrogens with one attached hydrogen (secondary N) is 1. The number of hydrogen-bond donors (Lipinski definition) is 2. The van der Waals surface area contributed by atoms with Gasteiger partial charge in [-0.25, -0.2) is 0 Å². The van der Waals surface area contributed by atoms with E-state index in [4.69, 9.17) is 4.74 Å². The number of aliphatic hydroxyl groups is 1. The Labute approximate surface area is 147 Å². The van der Waals surface area contributed by atoms with Gasteiger partial charge in [0.05, 0.1) is 13.7 Å². The molecule has 1 aliphatic heterocycles. The Kier molecular flexibility index (Phi) is 4.13.